The number of fused-ring (bicyclic) bond motifs is 1. The Morgan fingerprint density at radius 1 is 0.853 bits per heavy atom. The highest BCUT2D eigenvalue weighted by molar-refractivity contribution is 7.99. The predicted octanol–water partition coefficient (Wildman–Crippen LogP) is 4.15. The van der Waals surface area contributed by atoms with Crippen molar-refractivity contribution in [1.82, 2.24) is 9.13 Å². The van der Waals surface area contributed by atoms with Gasteiger partial charge in [0.05, 0.1) is 35.8 Å². The summed E-state index contributed by atoms with van der Waals surface area (Å²) in [6.45, 7) is 2.00. The molecule has 0 saturated carbocycles. The zero-order valence-corrected chi connectivity index (χ0v) is 21.1. The van der Waals surface area contributed by atoms with Crippen LogP contribution in [0.25, 0.3) is 11.0 Å². The van der Waals surface area contributed by atoms with E-state index >= 15 is 0 Å². The number of aryl methyl sites for hydroxylation is 3. The first-order valence-corrected chi connectivity index (χ1v) is 12.6. The minimum atomic E-state index is -3.97. The van der Waals surface area contributed by atoms with Gasteiger partial charge in [0, 0.05) is 30.0 Å². The number of aromatic nitrogens is 2. The molecule has 0 atom stereocenters. The van der Waals surface area contributed by atoms with Crippen molar-refractivity contribution in [3.63, 3.8) is 0 Å². The fourth-order valence-corrected chi connectivity index (χ4v) is 5.68. The highest BCUT2D eigenvalue weighted by Gasteiger charge is 2.21. The topological polar surface area (TPSA) is 91.6 Å². The van der Waals surface area contributed by atoms with Gasteiger partial charge in [0.15, 0.2) is 11.5 Å². The molecule has 0 fully saturated rings. The summed E-state index contributed by atoms with van der Waals surface area (Å²) in [5.74, 6) is 0.735. The molecule has 10 heteroatoms. The van der Waals surface area contributed by atoms with Crippen molar-refractivity contribution >= 4 is 38.5 Å². The van der Waals surface area contributed by atoms with Gasteiger partial charge < -0.3 is 9.47 Å². The molecule has 3 aromatic carbocycles. The summed E-state index contributed by atoms with van der Waals surface area (Å²) in [6, 6.07) is 15.8. The van der Waals surface area contributed by atoms with E-state index in [0.29, 0.717) is 33.1 Å². The lowest BCUT2D eigenvalue weighted by atomic mass is 10.2. The smallest absolute Gasteiger partial charge is 0.328 e. The first-order valence-electron chi connectivity index (χ1n) is 10.3. The van der Waals surface area contributed by atoms with Crippen LogP contribution >= 0.6 is 11.8 Å². The van der Waals surface area contributed by atoms with Gasteiger partial charge in [-0.1, -0.05) is 29.5 Å². The van der Waals surface area contributed by atoms with E-state index in [1.54, 1.807) is 30.8 Å². The van der Waals surface area contributed by atoms with E-state index in [-0.39, 0.29) is 10.6 Å². The number of rotatable bonds is 7. The van der Waals surface area contributed by atoms with Gasteiger partial charge in [0.1, 0.15) is 0 Å². The van der Waals surface area contributed by atoms with Crippen molar-refractivity contribution in [2.24, 2.45) is 14.1 Å². The van der Waals surface area contributed by atoms with Crippen LogP contribution in [0, 0.1) is 6.92 Å². The molecule has 1 N–H and O–H groups in total. The maximum Gasteiger partial charge on any atom is 0.328 e. The van der Waals surface area contributed by atoms with E-state index in [2.05, 4.69) is 4.72 Å². The Hall–Kier alpha value is -3.37. The maximum absolute atomic E-state index is 13.3. The van der Waals surface area contributed by atoms with Crippen LogP contribution in [0.3, 0.4) is 0 Å². The molecule has 178 valence electrons. The zero-order chi connectivity index (χ0) is 24.6. The number of benzene rings is 3. The van der Waals surface area contributed by atoms with Crippen molar-refractivity contribution in [3.8, 4) is 11.5 Å². The second-order valence-electron chi connectivity index (χ2n) is 7.78. The summed E-state index contributed by atoms with van der Waals surface area (Å²) in [4.78, 5) is 14.1. The Balaban J connectivity index is 1.83. The molecule has 0 amide bonds. The Morgan fingerprint density at radius 2 is 1.47 bits per heavy atom. The minimum absolute atomic E-state index is 0.0264. The Kier molecular flexibility index (Phi) is 6.37. The average molecular weight is 500 g/mol. The largest absolute Gasteiger partial charge is 0.493 e. The highest BCUT2D eigenvalue weighted by atomic mass is 32.2. The van der Waals surface area contributed by atoms with E-state index in [0.717, 1.165) is 10.5 Å². The molecule has 8 nitrogen and oxygen atoms in total. The summed E-state index contributed by atoms with van der Waals surface area (Å²) in [7, 11) is 2.31. The molecule has 0 radical (unpaired) electrons. The minimum Gasteiger partial charge on any atom is -0.493 e. The van der Waals surface area contributed by atoms with Crippen LogP contribution in [0.2, 0.25) is 0 Å². The van der Waals surface area contributed by atoms with Crippen molar-refractivity contribution in [3.05, 3.63) is 70.6 Å². The van der Waals surface area contributed by atoms with Gasteiger partial charge in [-0.2, -0.15) is 0 Å². The number of ether oxygens (including phenoxy) is 2. The molecule has 0 bridgehead atoms. The van der Waals surface area contributed by atoms with Gasteiger partial charge in [0.2, 0.25) is 0 Å². The highest BCUT2D eigenvalue weighted by Crippen LogP contribution is 2.38. The molecule has 0 aliphatic heterocycles. The number of hydrogen-bond donors (Lipinski definition) is 1. The number of hydrogen-bond acceptors (Lipinski definition) is 6. The Morgan fingerprint density at radius 3 is 2.09 bits per heavy atom. The van der Waals surface area contributed by atoms with E-state index in [1.165, 1.54) is 42.7 Å². The number of nitrogens with one attached hydrogen (secondary N) is 1. The molecule has 1 aromatic heterocycles. The molecule has 0 aliphatic carbocycles. The number of anilines is 1. The van der Waals surface area contributed by atoms with Crippen LogP contribution in [0.1, 0.15) is 5.56 Å². The molecule has 34 heavy (non-hydrogen) atoms. The first kappa shape index (κ1) is 23.8. The molecular formula is C24H25N3O5S2. The second-order valence-corrected chi connectivity index (χ2v) is 10.6. The van der Waals surface area contributed by atoms with E-state index in [4.69, 9.17) is 9.47 Å². The first-order chi connectivity index (χ1) is 16.1. The second kappa shape index (κ2) is 9.11. The third-order valence-electron chi connectivity index (χ3n) is 5.53. The summed E-state index contributed by atoms with van der Waals surface area (Å²) in [5.41, 5.74) is 2.62. The van der Waals surface area contributed by atoms with Gasteiger partial charge in [-0.15, -0.1) is 0 Å². The SMILES string of the molecule is COc1ccc(S(=O)(=O)Nc2cc3c(cc2Sc2ccc(C)cc2)n(C)c(=O)n3C)cc1OC. The standard InChI is InChI=1S/C24H25N3O5S2/c1-15-6-8-16(9-7-15)33-23-14-20-19(26(2)24(28)27(20)3)13-18(23)25-34(29,30)17-10-11-21(31-4)22(12-17)32-5/h6-14,25H,1-5H3. The normalized spacial score (nSPS) is 11.6. The summed E-state index contributed by atoms with van der Waals surface area (Å²) < 4.78 is 42.9. The van der Waals surface area contributed by atoms with Crippen LogP contribution in [0.15, 0.2) is 74.1 Å². The van der Waals surface area contributed by atoms with E-state index in [1.807, 2.05) is 37.3 Å². The molecule has 0 unspecified atom stereocenters. The van der Waals surface area contributed by atoms with Gasteiger partial charge in [-0.3, -0.25) is 13.9 Å². The monoisotopic (exact) mass is 499 g/mol. The molecule has 4 rings (SSSR count). The fraction of sp³-hybridized carbons (Fsp3) is 0.208. The lowest BCUT2D eigenvalue weighted by molar-refractivity contribution is 0.354. The molecule has 4 aromatic rings. The summed E-state index contributed by atoms with van der Waals surface area (Å²) in [5, 5.41) is 0. The van der Waals surface area contributed by atoms with Crippen molar-refractivity contribution in [2.75, 3.05) is 18.9 Å². The molecule has 0 saturated heterocycles. The molecule has 0 aliphatic rings. The summed E-state index contributed by atoms with van der Waals surface area (Å²) >= 11 is 1.41. The van der Waals surface area contributed by atoms with Crippen molar-refractivity contribution in [2.45, 2.75) is 21.6 Å². The van der Waals surface area contributed by atoms with Crippen LogP contribution in [0.5, 0.6) is 11.5 Å². The van der Waals surface area contributed by atoms with Crippen LogP contribution in [-0.2, 0) is 24.1 Å². The Labute approximate surface area is 202 Å². The maximum atomic E-state index is 13.3. The van der Waals surface area contributed by atoms with Gasteiger partial charge in [-0.05, 0) is 43.3 Å². The van der Waals surface area contributed by atoms with Crippen molar-refractivity contribution in [1.29, 1.82) is 0 Å². The van der Waals surface area contributed by atoms with E-state index in [9.17, 15) is 13.2 Å². The fourth-order valence-electron chi connectivity index (χ4n) is 3.61. The van der Waals surface area contributed by atoms with Crippen LogP contribution in [-0.4, -0.2) is 31.8 Å². The van der Waals surface area contributed by atoms with Gasteiger partial charge in [0.25, 0.3) is 10.0 Å². The predicted molar refractivity (Wildman–Crippen MR) is 134 cm³/mol. The average Bonchev–Trinajstić information content (AvgIpc) is 3.03. The molecular weight excluding hydrogens is 474 g/mol. The third kappa shape index (κ3) is 4.38. The van der Waals surface area contributed by atoms with Gasteiger partial charge in [-0.25, -0.2) is 13.2 Å². The number of nitrogens with zero attached hydrogens (tertiary/aromatic N) is 2. The molecule has 0 spiro atoms. The van der Waals surface area contributed by atoms with Crippen LogP contribution in [0.4, 0.5) is 5.69 Å². The summed E-state index contributed by atoms with van der Waals surface area (Å²) in [6.07, 6.45) is 0. The van der Waals surface area contributed by atoms with Crippen molar-refractivity contribution < 1.29 is 17.9 Å². The van der Waals surface area contributed by atoms with Crippen LogP contribution < -0.4 is 19.9 Å². The lowest BCUT2D eigenvalue weighted by Crippen LogP contribution is -2.19. The zero-order valence-electron chi connectivity index (χ0n) is 19.4. The number of imidazole rings is 1. The Bertz CT molecular complexity index is 1540. The lowest BCUT2D eigenvalue weighted by Gasteiger charge is -2.15. The van der Waals surface area contributed by atoms with E-state index < -0.39 is 10.0 Å². The molecule has 1 heterocycles. The number of methoxy groups -OCH3 is 2. The quantitative estimate of drug-likeness (QED) is 0.411. The third-order valence-corrected chi connectivity index (χ3v) is 7.96. The number of sulfonamides is 1. The van der Waals surface area contributed by atoms with Gasteiger partial charge >= 0.3 is 5.69 Å².